The average molecular weight is 267 g/mol. The quantitative estimate of drug-likeness (QED) is 0.548. The van der Waals surface area contributed by atoms with Crippen molar-refractivity contribution in [3.63, 3.8) is 0 Å². The summed E-state index contributed by atoms with van der Waals surface area (Å²) in [6.45, 7) is 2.79. The lowest BCUT2D eigenvalue weighted by Gasteiger charge is -2.06. The minimum Gasteiger partial charge on any atom is -0.492 e. The highest BCUT2D eigenvalue weighted by Crippen LogP contribution is 2.10. The van der Waals surface area contributed by atoms with Crippen LogP contribution in [0.1, 0.15) is 38.3 Å². The monoisotopic (exact) mass is 267 g/mol. The van der Waals surface area contributed by atoms with Gasteiger partial charge in [0, 0.05) is 6.42 Å². The minimum absolute atomic E-state index is 0.0614. The van der Waals surface area contributed by atoms with Crippen molar-refractivity contribution >= 4 is 5.97 Å². The molecule has 5 nitrogen and oxygen atoms in total. The zero-order chi connectivity index (χ0) is 13.9. The van der Waals surface area contributed by atoms with Gasteiger partial charge >= 0.3 is 5.97 Å². The standard InChI is InChI=1S/C14H21NO4/c1-2-18-14(17)6-4-3-5-9-19-13-8-7-12(11-16)15-10-13/h7-8,10,16H,2-6,9,11H2,1H3. The number of hydrogen-bond donors (Lipinski definition) is 1. The van der Waals surface area contributed by atoms with Crippen molar-refractivity contribution in [1.82, 2.24) is 4.98 Å². The first-order valence-electron chi connectivity index (χ1n) is 6.60. The van der Waals surface area contributed by atoms with E-state index in [1.807, 2.05) is 6.92 Å². The third-order valence-electron chi connectivity index (χ3n) is 2.56. The first-order valence-corrected chi connectivity index (χ1v) is 6.60. The molecule has 1 aromatic rings. The summed E-state index contributed by atoms with van der Waals surface area (Å²) in [5, 5.41) is 8.84. The maximum atomic E-state index is 11.1. The van der Waals surface area contributed by atoms with Crippen molar-refractivity contribution in [1.29, 1.82) is 0 Å². The first kappa shape index (κ1) is 15.4. The fourth-order valence-electron chi connectivity index (χ4n) is 1.56. The van der Waals surface area contributed by atoms with E-state index in [1.54, 1.807) is 18.3 Å². The Kier molecular flexibility index (Phi) is 7.58. The van der Waals surface area contributed by atoms with Gasteiger partial charge < -0.3 is 14.6 Å². The Hall–Kier alpha value is -1.62. The molecular weight excluding hydrogens is 246 g/mol. The van der Waals surface area contributed by atoms with Crippen molar-refractivity contribution in [2.45, 2.75) is 39.2 Å². The van der Waals surface area contributed by atoms with Crippen LogP contribution in [-0.4, -0.2) is 29.3 Å². The minimum atomic E-state index is -0.132. The molecular formula is C14H21NO4. The van der Waals surface area contributed by atoms with E-state index in [-0.39, 0.29) is 12.6 Å². The van der Waals surface area contributed by atoms with E-state index in [1.165, 1.54) is 0 Å². The summed E-state index contributed by atoms with van der Waals surface area (Å²) in [5.41, 5.74) is 0.627. The molecule has 0 saturated heterocycles. The maximum Gasteiger partial charge on any atom is 0.305 e. The van der Waals surface area contributed by atoms with Crippen LogP contribution in [0.3, 0.4) is 0 Å². The molecule has 0 radical (unpaired) electrons. The number of hydrogen-bond acceptors (Lipinski definition) is 5. The molecule has 0 atom stereocenters. The van der Waals surface area contributed by atoms with Gasteiger partial charge in [-0.3, -0.25) is 9.78 Å². The second-order valence-corrected chi connectivity index (χ2v) is 4.11. The van der Waals surface area contributed by atoms with Gasteiger partial charge in [-0.15, -0.1) is 0 Å². The lowest BCUT2D eigenvalue weighted by atomic mass is 10.2. The van der Waals surface area contributed by atoms with Gasteiger partial charge in [0.2, 0.25) is 0 Å². The van der Waals surface area contributed by atoms with Gasteiger partial charge in [-0.25, -0.2) is 0 Å². The molecule has 0 aliphatic rings. The Bertz CT molecular complexity index is 364. The molecule has 0 fully saturated rings. The predicted molar refractivity (Wildman–Crippen MR) is 70.8 cm³/mol. The first-order chi connectivity index (χ1) is 9.26. The van der Waals surface area contributed by atoms with Gasteiger partial charge in [0.15, 0.2) is 0 Å². The van der Waals surface area contributed by atoms with Gasteiger partial charge in [0.05, 0.1) is 31.7 Å². The Morgan fingerprint density at radius 3 is 2.79 bits per heavy atom. The molecule has 0 amide bonds. The number of carbonyl (C=O) groups excluding carboxylic acids is 1. The number of carbonyl (C=O) groups is 1. The SMILES string of the molecule is CCOC(=O)CCCCCOc1ccc(CO)nc1. The van der Waals surface area contributed by atoms with Crippen LogP contribution >= 0.6 is 0 Å². The summed E-state index contributed by atoms with van der Waals surface area (Å²) in [6, 6.07) is 3.52. The number of aliphatic hydroxyl groups excluding tert-OH is 1. The highest BCUT2D eigenvalue weighted by atomic mass is 16.5. The highest BCUT2D eigenvalue weighted by molar-refractivity contribution is 5.69. The Morgan fingerprint density at radius 2 is 2.16 bits per heavy atom. The molecule has 0 aliphatic carbocycles. The normalized spacial score (nSPS) is 10.2. The van der Waals surface area contributed by atoms with E-state index < -0.39 is 0 Å². The molecule has 0 aliphatic heterocycles. The largest absolute Gasteiger partial charge is 0.492 e. The molecule has 0 unspecified atom stereocenters. The van der Waals surface area contributed by atoms with E-state index in [2.05, 4.69) is 4.98 Å². The summed E-state index contributed by atoms with van der Waals surface area (Å²) >= 11 is 0. The fraction of sp³-hybridized carbons (Fsp3) is 0.571. The van der Waals surface area contributed by atoms with Crippen LogP contribution in [0.5, 0.6) is 5.75 Å². The van der Waals surface area contributed by atoms with Crippen LogP contribution in [0.15, 0.2) is 18.3 Å². The van der Waals surface area contributed by atoms with Crippen molar-refractivity contribution in [3.05, 3.63) is 24.0 Å². The zero-order valence-electron chi connectivity index (χ0n) is 11.3. The van der Waals surface area contributed by atoms with Crippen molar-refractivity contribution in [3.8, 4) is 5.75 Å². The summed E-state index contributed by atoms with van der Waals surface area (Å²) in [5.74, 6) is 0.565. The Morgan fingerprint density at radius 1 is 1.32 bits per heavy atom. The zero-order valence-corrected chi connectivity index (χ0v) is 11.3. The van der Waals surface area contributed by atoms with Gasteiger partial charge in [-0.1, -0.05) is 0 Å². The Balaban J connectivity index is 2.05. The molecule has 1 rings (SSSR count). The number of aromatic nitrogens is 1. The molecule has 1 N–H and O–H groups in total. The average Bonchev–Trinajstić information content (AvgIpc) is 2.43. The summed E-state index contributed by atoms with van der Waals surface area (Å²) in [7, 11) is 0. The van der Waals surface area contributed by atoms with Crippen molar-refractivity contribution < 1.29 is 19.4 Å². The smallest absolute Gasteiger partial charge is 0.305 e. The number of aliphatic hydroxyl groups is 1. The van der Waals surface area contributed by atoms with E-state index in [9.17, 15) is 4.79 Å². The van der Waals surface area contributed by atoms with E-state index >= 15 is 0 Å². The molecule has 0 saturated carbocycles. The number of ether oxygens (including phenoxy) is 2. The summed E-state index contributed by atoms with van der Waals surface area (Å²) in [4.78, 5) is 15.1. The third kappa shape index (κ3) is 6.76. The van der Waals surface area contributed by atoms with Gasteiger partial charge in [-0.05, 0) is 38.3 Å². The molecule has 106 valence electrons. The topological polar surface area (TPSA) is 68.7 Å². The summed E-state index contributed by atoms with van der Waals surface area (Å²) in [6.07, 6.45) is 4.72. The van der Waals surface area contributed by atoms with Crippen LogP contribution in [0.25, 0.3) is 0 Å². The van der Waals surface area contributed by atoms with Gasteiger partial charge in [-0.2, -0.15) is 0 Å². The molecule has 0 bridgehead atoms. The molecule has 0 aromatic carbocycles. The van der Waals surface area contributed by atoms with E-state index in [0.29, 0.717) is 31.1 Å². The van der Waals surface area contributed by atoms with E-state index in [4.69, 9.17) is 14.6 Å². The molecule has 0 spiro atoms. The highest BCUT2D eigenvalue weighted by Gasteiger charge is 2.01. The molecule has 1 aromatic heterocycles. The number of rotatable bonds is 9. The third-order valence-corrected chi connectivity index (χ3v) is 2.56. The Labute approximate surface area is 113 Å². The van der Waals surface area contributed by atoms with Crippen LogP contribution in [0.2, 0.25) is 0 Å². The predicted octanol–water partition coefficient (Wildman–Crippen LogP) is 2.08. The van der Waals surface area contributed by atoms with Gasteiger partial charge in [0.1, 0.15) is 5.75 Å². The van der Waals surface area contributed by atoms with Crippen LogP contribution in [0.4, 0.5) is 0 Å². The van der Waals surface area contributed by atoms with E-state index in [0.717, 1.165) is 19.3 Å². The number of esters is 1. The molecule has 19 heavy (non-hydrogen) atoms. The number of pyridine rings is 1. The fourth-order valence-corrected chi connectivity index (χ4v) is 1.56. The molecule has 1 heterocycles. The van der Waals surface area contributed by atoms with Crippen LogP contribution in [0, 0.1) is 0 Å². The maximum absolute atomic E-state index is 11.1. The lowest BCUT2D eigenvalue weighted by molar-refractivity contribution is -0.143. The van der Waals surface area contributed by atoms with Crippen molar-refractivity contribution in [2.24, 2.45) is 0 Å². The number of nitrogens with zero attached hydrogens (tertiary/aromatic N) is 1. The lowest BCUT2D eigenvalue weighted by Crippen LogP contribution is -2.04. The van der Waals surface area contributed by atoms with Crippen molar-refractivity contribution in [2.75, 3.05) is 13.2 Å². The second-order valence-electron chi connectivity index (χ2n) is 4.11. The van der Waals surface area contributed by atoms with Crippen LogP contribution < -0.4 is 4.74 Å². The number of unbranched alkanes of at least 4 members (excludes halogenated alkanes) is 2. The summed E-state index contributed by atoms with van der Waals surface area (Å²) < 4.78 is 10.3. The van der Waals surface area contributed by atoms with Gasteiger partial charge in [0.25, 0.3) is 0 Å². The van der Waals surface area contributed by atoms with Crippen LogP contribution in [-0.2, 0) is 16.1 Å². The molecule has 5 heteroatoms. The second kappa shape index (κ2) is 9.33.